The van der Waals surface area contributed by atoms with Gasteiger partial charge in [0.05, 0.1) is 13.2 Å². The van der Waals surface area contributed by atoms with Crippen molar-refractivity contribution in [2.24, 2.45) is 5.73 Å². The Hall–Kier alpha value is -0.450. The number of ether oxygens (including phenoxy) is 1. The second-order valence-corrected chi connectivity index (χ2v) is 2.94. The molecule has 0 saturated carbocycles. The van der Waals surface area contributed by atoms with Gasteiger partial charge in [0.1, 0.15) is 5.66 Å². The van der Waals surface area contributed by atoms with E-state index in [1.54, 1.807) is 6.92 Å². The zero-order valence-electron chi connectivity index (χ0n) is 6.75. The van der Waals surface area contributed by atoms with Crippen LogP contribution in [0, 0.1) is 0 Å². The average Bonchev–Trinajstić information content (AvgIpc) is 2.06. The molecule has 0 bridgehead atoms. The summed E-state index contributed by atoms with van der Waals surface area (Å²) in [6.07, 6.45) is 0.776. The van der Waals surface area contributed by atoms with Crippen LogP contribution in [-0.4, -0.2) is 43.2 Å². The molecule has 0 spiro atoms. The first kappa shape index (κ1) is 8.64. The van der Waals surface area contributed by atoms with E-state index < -0.39 is 5.66 Å². The monoisotopic (exact) mass is 158 g/mol. The molecule has 1 atom stereocenters. The summed E-state index contributed by atoms with van der Waals surface area (Å²) >= 11 is 0. The number of hydrogen-bond acceptors (Lipinski definition) is 4. The Morgan fingerprint density at radius 1 is 1.55 bits per heavy atom. The second kappa shape index (κ2) is 3.30. The Labute approximate surface area is 66.3 Å². The van der Waals surface area contributed by atoms with Crippen LogP contribution in [0.3, 0.4) is 0 Å². The minimum Gasteiger partial charge on any atom is -0.379 e. The van der Waals surface area contributed by atoms with Gasteiger partial charge in [0.25, 0.3) is 0 Å². The minimum absolute atomic E-state index is 0.667. The first-order valence-electron chi connectivity index (χ1n) is 3.75. The van der Waals surface area contributed by atoms with Crippen LogP contribution in [0.15, 0.2) is 0 Å². The van der Waals surface area contributed by atoms with Crippen LogP contribution in [-0.2, 0) is 9.53 Å². The van der Waals surface area contributed by atoms with Crippen LogP contribution in [0.1, 0.15) is 6.92 Å². The van der Waals surface area contributed by atoms with E-state index in [0.29, 0.717) is 13.2 Å². The Bertz CT molecular complexity index is 141. The van der Waals surface area contributed by atoms with Gasteiger partial charge in [-0.15, -0.1) is 0 Å². The highest BCUT2D eigenvalue weighted by atomic mass is 16.5. The van der Waals surface area contributed by atoms with E-state index >= 15 is 0 Å². The van der Waals surface area contributed by atoms with Crippen LogP contribution < -0.4 is 5.73 Å². The van der Waals surface area contributed by atoms with Gasteiger partial charge in [-0.1, -0.05) is 0 Å². The normalized spacial score (nSPS) is 26.0. The number of nitrogens with two attached hydrogens (primary N) is 1. The average molecular weight is 158 g/mol. The Balaban J connectivity index is 2.50. The van der Waals surface area contributed by atoms with Crippen molar-refractivity contribution >= 4 is 6.29 Å². The van der Waals surface area contributed by atoms with E-state index in [1.807, 2.05) is 4.90 Å². The van der Waals surface area contributed by atoms with Crippen molar-refractivity contribution in [1.29, 1.82) is 0 Å². The maximum Gasteiger partial charge on any atom is 0.154 e. The largest absolute Gasteiger partial charge is 0.379 e. The molecule has 1 aliphatic rings. The number of carbonyl (C=O) groups is 1. The van der Waals surface area contributed by atoms with E-state index in [9.17, 15) is 4.79 Å². The molecule has 4 heteroatoms. The van der Waals surface area contributed by atoms with Gasteiger partial charge in [-0.3, -0.25) is 9.69 Å². The van der Waals surface area contributed by atoms with Gasteiger partial charge < -0.3 is 10.5 Å². The van der Waals surface area contributed by atoms with Gasteiger partial charge in [0.2, 0.25) is 0 Å². The zero-order chi connectivity index (χ0) is 8.32. The lowest BCUT2D eigenvalue weighted by atomic mass is 10.2. The molecule has 1 unspecified atom stereocenters. The highest BCUT2D eigenvalue weighted by Crippen LogP contribution is 2.07. The van der Waals surface area contributed by atoms with Crippen molar-refractivity contribution in [3.8, 4) is 0 Å². The lowest BCUT2D eigenvalue weighted by molar-refractivity contribution is -0.120. The fourth-order valence-corrected chi connectivity index (χ4v) is 1.12. The second-order valence-electron chi connectivity index (χ2n) is 2.94. The topological polar surface area (TPSA) is 55.6 Å². The van der Waals surface area contributed by atoms with Crippen LogP contribution in [0.5, 0.6) is 0 Å². The molecule has 0 aromatic heterocycles. The molecule has 11 heavy (non-hydrogen) atoms. The lowest BCUT2D eigenvalue weighted by Crippen LogP contribution is -2.58. The summed E-state index contributed by atoms with van der Waals surface area (Å²) in [6, 6.07) is 0. The third-order valence-corrected chi connectivity index (χ3v) is 1.93. The van der Waals surface area contributed by atoms with Gasteiger partial charge in [0.15, 0.2) is 6.29 Å². The summed E-state index contributed by atoms with van der Waals surface area (Å²) in [6.45, 7) is 4.53. The minimum atomic E-state index is -0.816. The predicted molar refractivity (Wildman–Crippen MR) is 41.0 cm³/mol. The Morgan fingerprint density at radius 2 is 2.09 bits per heavy atom. The molecule has 0 amide bonds. The molecule has 0 aromatic rings. The van der Waals surface area contributed by atoms with Crippen molar-refractivity contribution in [2.45, 2.75) is 12.6 Å². The SMILES string of the molecule is CC(N)(C=O)N1CCOCC1. The number of morpholine rings is 1. The van der Waals surface area contributed by atoms with E-state index in [0.717, 1.165) is 19.4 Å². The molecule has 1 heterocycles. The third kappa shape index (κ3) is 1.99. The Kier molecular flexibility index (Phi) is 2.59. The van der Waals surface area contributed by atoms with Gasteiger partial charge in [-0.25, -0.2) is 0 Å². The summed E-state index contributed by atoms with van der Waals surface area (Å²) in [5.41, 5.74) is 4.88. The summed E-state index contributed by atoms with van der Waals surface area (Å²) in [5.74, 6) is 0. The standard InChI is InChI=1S/C7H14N2O2/c1-7(8,6-10)9-2-4-11-5-3-9/h6H,2-5,8H2,1H3. The highest BCUT2D eigenvalue weighted by Gasteiger charge is 2.27. The third-order valence-electron chi connectivity index (χ3n) is 1.93. The first-order valence-corrected chi connectivity index (χ1v) is 3.75. The van der Waals surface area contributed by atoms with Gasteiger partial charge in [-0.2, -0.15) is 0 Å². The molecule has 64 valence electrons. The quantitative estimate of drug-likeness (QED) is 0.534. The molecule has 1 fully saturated rings. The van der Waals surface area contributed by atoms with Crippen LogP contribution in [0.2, 0.25) is 0 Å². The molecular formula is C7H14N2O2. The molecule has 1 saturated heterocycles. The molecule has 0 aromatic carbocycles. The molecule has 1 rings (SSSR count). The maximum absolute atomic E-state index is 10.5. The number of hydrogen-bond donors (Lipinski definition) is 1. The molecule has 1 aliphatic heterocycles. The van der Waals surface area contributed by atoms with E-state index in [1.165, 1.54) is 0 Å². The lowest BCUT2D eigenvalue weighted by Gasteiger charge is -2.36. The molecule has 0 aliphatic carbocycles. The first-order chi connectivity index (χ1) is 5.17. The van der Waals surface area contributed by atoms with Crippen LogP contribution in [0.25, 0.3) is 0 Å². The van der Waals surface area contributed by atoms with Gasteiger partial charge >= 0.3 is 0 Å². The van der Waals surface area contributed by atoms with E-state index in [2.05, 4.69) is 0 Å². The fourth-order valence-electron chi connectivity index (χ4n) is 1.12. The van der Waals surface area contributed by atoms with Crippen molar-refractivity contribution < 1.29 is 9.53 Å². The summed E-state index contributed by atoms with van der Waals surface area (Å²) in [4.78, 5) is 12.4. The van der Waals surface area contributed by atoms with E-state index in [-0.39, 0.29) is 0 Å². The molecule has 2 N–H and O–H groups in total. The van der Waals surface area contributed by atoms with Crippen LogP contribution >= 0.6 is 0 Å². The molecule has 0 radical (unpaired) electrons. The predicted octanol–water partition coefficient (Wildman–Crippen LogP) is -0.808. The fraction of sp³-hybridized carbons (Fsp3) is 0.857. The molecular weight excluding hydrogens is 144 g/mol. The van der Waals surface area contributed by atoms with Gasteiger partial charge in [0, 0.05) is 13.1 Å². The summed E-state index contributed by atoms with van der Waals surface area (Å²) < 4.78 is 5.13. The number of rotatable bonds is 2. The van der Waals surface area contributed by atoms with Crippen LogP contribution in [0.4, 0.5) is 0 Å². The summed E-state index contributed by atoms with van der Waals surface area (Å²) in [5, 5.41) is 0. The van der Waals surface area contributed by atoms with E-state index in [4.69, 9.17) is 10.5 Å². The number of aldehydes is 1. The molecule has 4 nitrogen and oxygen atoms in total. The zero-order valence-corrected chi connectivity index (χ0v) is 6.75. The maximum atomic E-state index is 10.5. The number of nitrogens with zero attached hydrogens (tertiary/aromatic N) is 1. The van der Waals surface area contributed by atoms with Crippen molar-refractivity contribution in [2.75, 3.05) is 26.3 Å². The van der Waals surface area contributed by atoms with Crippen molar-refractivity contribution in [3.05, 3.63) is 0 Å². The van der Waals surface area contributed by atoms with Gasteiger partial charge in [-0.05, 0) is 6.92 Å². The number of carbonyl (C=O) groups excluding carboxylic acids is 1. The highest BCUT2D eigenvalue weighted by molar-refractivity contribution is 5.62. The van der Waals surface area contributed by atoms with Crippen molar-refractivity contribution in [3.63, 3.8) is 0 Å². The smallest absolute Gasteiger partial charge is 0.154 e. The van der Waals surface area contributed by atoms with Crippen molar-refractivity contribution in [1.82, 2.24) is 4.90 Å². The Morgan fingerprint density at radius 3 is 2.55 bits per heavy atom. The summed E-state index contributed by atoms with van der Waals surface area (Å²) in [7, 11) is 0.